The average molecular weight is 290 g/mol. The van der Waals surface area contributed by atoms with Crippen molar-refractivity contribution in [2.75, 3.05) is 11.8 Å². The molecule has 0 aromatic carbocycles. The zero-order valence-corrected chi connectivity index (χ0v) is 8.29. The minimum absolute atomic E-state index is 0. The van der Waals surface area contributed by atoms with Gasteiger partial charge in [0.2, 0.25) is 0 Å². The van der Waals surface area contributed by atoms with Gasteiger partial charge in [0.25, 0.3) is 0 Å². The molecule has 0 aliphatic heterocycles. The minimum atomic E-state index is -1.23. The van der Waals surface area contributed by atoms with Crippen LogP contribution in [0.5, 0.6) is 0 Å². The van der Waals surface area contributed by atoms with E-state index in [0.717, 1.165) is 0 Å². The normalized spacial score (nSPS) is 6.73. The van der Waals surface area contributed by atoms with Gasteiger partial charge in [-0.2, -0.15) is 0 Å². The molecule has 11 heavy (non-hydrogen) atoms. The van der Waals surface area contributed by atoms with E-state index in [4.69, 9.17) is 19.8 Å². The van der Waals surface area contributed by atoms with E-state index in [9.17, 15) is 0 Å². The van der Waals surface area contributed by atoms with Crippen LogP contribution in [-0.2, 0) is 29.1 Å². The van der Waals surface area contributed by atoms with E-state index < -0.39 is 23.7 Å². The van der Waals surface area contributed by atoms with Crippen LogP contribution in [-0.4, -0.2) is 23.7 Å². The second kappa shape index (κ2) is 12.8. The maximum Gasteiger partial charge on any atom is 2.00 e. The van der Waals surface area contributed by atoms with Crippen LogP contribution < -0.4 is 10.2 Å². The molecule has 0 heterocycles. The predicted octanol–water partition coefficient (Wildman–Crippen LogP) is -2.05. The van der Waals surface area contributed by atoms with E-state index >= 15 is 0 Å². The van der Waals surface area contributed by atoms with Gasteiger partial charge in [0, 0.05) is 0 Å². The van der Waals surface area contributed by atoms with Crippen molar-refractivity contribution in [3.05, 3.63) is 0 Å². The van der Waals surface area contributed by atoms with Gasteiger partial charge in [0.05, 0.1) is 23.7 Å². The summed E-state index contributed by atoms with van der Waals surface area (Å²) in [5, 5.41) is 18.2. The van der Waals surface area contributed by atoms with Gasteiger partial charge in [-0.1, -0.05) is 0 Å². The molecule has 0 saturated heterocycles. The molecule has 0 fully saturated rings. The van der Waals surface area contributed by atoms with Crippen LogP contribution in [0.2, 0.25) is 0 Å². The standard InChI is InChI=1S/2C2H3ClO2.Rh/c2*3-1-2(4)5;/h2*1H2,(H,4,5);/q;;+2/p-2. The van der Waals surface area contributed by atoms with Gasteiger partial charge in [-0.25, -0.2) is 0 Å². The second-order valence-electron chi connectivity index (χ2n) is 1.01. The zero-order valence-electron chi connectivity index (χ0n) is 5.14. The second-order valence-corrected chi connectivity index (χ2v) is 1.55. The van der Waals surface area contributed by atoms with Crippen molar-refractivity contribution in [1.82, 2.24) is 0 Å². The van der Waals surface area contributed by atoms with Crippen molar-refractivity contribution in [1.29, 1.82) is 0 Å². The Bertz CT molecular complexity index is 105. The van der Waals surface area contributed by atoms with Crippen LogP contribution in [0, 0.1) is 0 Å². The largest absolute Gasteiger partial charge is 2.00 e. The Morgan fingerprint density at radius 3 is 1.09 bits per heavy atom. The molecule has 0 unspecified atom stereocenters. The van der Waals surface area contributed by atoms with Gasteiger partial charge >= 0.3 is 19.5 Å². The van der Waals surface area contributed by atoms with E-state index in [1.807, 2.05) is 0 Å². The predicted molar refractivity (Wildman–Crippen MR) is 31.5 cm³/mol. The van der Waals surface area contributed by atoms with Gasteiger partial charge in [-0.15, -0.1) is 23.2 Å². The molecule has 0 spiro atoms. The van der Waals surface area contributed by atoms with Gasteiger partial charge in [-0.3, -0.25) is 0 Å². The molecule has 0 aliphatic rings. The Kier molecular flexibility index (Phi) is 20.1. The number of alkyl halides is 2. The summed E-state index contributed by atoms with van der Waals surface area (Å²) in [7, 11) is 0. The first-order valence-corrected chi connectivity index (χ1v) is 3.13. The molecule has 0 rings (SSSR count). The van der Waals surface area contributed by atoms with Crippen LogP contribution in [0.15, 0.2) is 0 Å². The van der Waals surface area contributed by atoms with Crippen LogP contribution >= 0.6 is 23.2 Å². The van der Waals surface area contributed by atoms with Crippen molar-refractivity contribution >= 4 is 35.1 Å². The third-order valence-corrected chi connectivity index (χ3v) is 0.655. The molecule has 1 radical (unpaired) electrons. The monoisotopic (exact) mass is 289 g/mol. The van der Waals surface area contributed by atoms with E-state index in [-0.39, 0.29) is 19.5 Å². The van der Waals surface area contributed by atoms with Crippen molar-refractivity contribution in [2.24, 2.45) is 0 Å². The first kappa shape index (κ1) is 17.3. The topological polar surface area (TPSA) is 80.3 Å². The summed E-state index contributed by atoms with van der Waals surface area (Å²) in [4.78, 5) is 18.2. The zero-order chi connectivity index (χ0) is 8.57. The van der Waals surface area contributed by atoms with Crippen LogP contribution in [0.1, 0.15) is 0 Å². The molecule has 0 bridgehead atoms. The number of carboxylic acid groups (broad SMARTS) is 2. The molecular formula is C4H4Cl2O4Rh. The number of rotatable bonds is 2. The van der Waals surface area contributed by atoms with E-state index in [2.05, 4.69) is 23.2 Å². The molecule has 0 amide bonds. The molecule has 0 aliphatic carbocycles. The Balaban J connectivity index is -0.000000107. The quantitative estimate of drug-likeness (QED) is 0.433. The van der Waals surface area contributed by atoms with Gasteiger partial charge in [0.1, 0.15) is 0 Å². The van der Waals surface area contributed by atoms with Gasteiger partial charge in [-0.05, 0) is 0 Å². The molecule has 0 aromatic heterocycles. The fourth-order valence-corrected chi connectivity index (χ4v) is 0. The fourth-order valence-electron chi connectivity index (χ4n) is 0. The fraction of sp³-hybridized carbons (Fsp3) is 0.500. The number of aliphatic carboxylic acids is 2. The molecule has 67 valence electrons. The van der Waals surface area contributed by atoms with E-state index in [1.165, 1.54) is 0 Å². The summed E-state index contributed by atoms with van der Waals surface area (Å²) in [5.41, 5.74) is 0. The summed E-state index contributed by atoms with van der Waals surface area (Å²) in [6.07, 6.45) is 0. The average Bonchev–Trinajstić information content (AvgIpc) is 1.89. The third kappa shape index (κ3) is 39.2. The van der Waals surface area contributed by atoms with Crippen LogP contribution in [0.3, 0.4) is 0 Å². The number of carbonyl (C=O) groups is 2. The molecule has 7 heteroatoms. The summed E-state index contributed by atoms with van der Waals surface area (Å²) in [6, 6.07) is 0. The maximum atomic E-state index is 9.12. The number of hydrogen-bond donors (Lipinski definition) is 0. The first-order chi connectivity index (χ1) is 4.54. The van der Waals surface area contributed by atoms with Crippen molar-refractivity contribution < 1.29 is 39.3 Å². The molecule has 0 saturated carbocycles. The van der Waals surface area contributed by atoms with Gasteiger partial charge < -0.3 is 19.8 Å². The summed E-state index contributed by atoms with van der Waals surface area (Å²) in [6.45, 7) is 0. The summed E-state index contributed by atoms with van der Waals surface area (Å²) >= 11 is 9.35. The first-order valence-electron chi connectivity index (χ1n) is 2.06. The van der Waals surface area contributed by atoms with Gasteiger partial charge in [0.15, 0.2) is 0 Å². The Hall–Kier alpha value is 0.143. The molecule has 0 N–H and O–H groups in total. The third-order valence-electron chi connectivity index (χ3n) is 0.218. The molecule has 0 atom stereocenters. The number of halogens is 2. The minimum Gasteiger partial charge on any atom is -0.549 e. The van der Waals surface area contributed by atoms with E-state index in [0.29, 0.717) is 0 Å². The Labute approximate surface area is 86.2 Å². The van der Waals surface area contributed by atoms with Crippen molar-refractivity contribution in [3.63, 3.8) is 0 Å². The van der Waals surface area contributed by atoms with Crippen LogP contribution in [0.4, 0.5) is 0 Å². The Morgan fingerprint density at radius 1 is 1.00 bits per heavy atom. The Morgan fingerprint density at radius 2 is 1.09 bits per heavy atom. The van der Waals surface area contributed by atoms with Crippen molar-refractivity contribution in [3.8, 4) is 0 Å². The SMILES string of the molecule is O=C([O-])CCl.O=C([O-])CCl.[Rh+2]. The molecule has 0 aromatic rings. The number of carboxylic acids is 2. The number of hydrogen-bond acceptors (Lipinski definition) is 4. The smallest absolute Gasteiger partial charge is 0.549 e. The summed E-state index contributed by atoms with van der Waals surface area (Å²) < 4.78 is 0. The van der Waals surface area contributed by atoms with E-state index in [1.54, 1.807) is 0 Å². The van der Waals surface area contributed by atoms with Crippen LogP contribution in [0.25, 0.3) is 0 Å². The molecular weight excluding hydrogens is 286 g/mol. The maximum absolute atomic E-state index is 9.12. The molecule has 4 nitrogen and oxygen atoms in total. The van der Waals surface area contributed by atoms with Crippen molar-refractivity contribution in [2.45, 2.75) is 0 Å². The number of carbonyl (C=O) groups excluding carboxylic acids is 2. The summed E-state index contributed by atoms with van der Waals surface area (Å²) in [5.74, 6) is -3.29.